The number of benzene rings is 1. The van der Waals surface area contributed by atoms with Crippen molar-refractivity contribution in [3.8, 4) is 0 Å². The Morgan fingerprint density at radius 1 is 1.12 bits per heavy atom. The van der Waals surface area contributed by atoms with Crippen LogP contribution in [0.25, 0.3) is 0 Å². The number of nitrogens with one attached hydrogen (secondary N) is 2. The summed E-state index contributed by atoms with van der Waals surface area (Å²) >= 11 is 0. The van der Waals surface area contributed by atoms with Crippen molar-refractivity contribution in [2.75, 3.05) is 39.4 Å². The van der Waals surface area contributed by atoms with Gasteiger partial charge in [0.25, 0.3) is 0 Å². The van der Waals surface area contributed by atoms with Gasteiger partial charge in [-0.1, -0.05) is 26.0 Å². The van der Waals surface area contributed by atoms with Crippen LogP contribution in [0.4, 0.5) is 4.39 Å². The summed E-state index contributed by atoms with van der Waals surface area (Å²) in [7, 11) is 2.00. The van der Waals surface area contributed by atoms with E-state index in [0.717, 1.165) is 49.7 Å². The number of rotatable bonds is 9. The Morgan fingerprint density at radius 3 is 2.42 bits per heavy atom. The van der Waals surface area contributed by atoms with Gasteiger partial charge in [-0.05, 0) is 37.5 Å². The van der Waals surface area contributed by atoms with Gasteiger partial charge in [-0.3, -0.25) is 9.58 Å². The van der Waals surface area contributed by atoms with Gasteiger partial charge in [0, 0.05) is 44.5 Å². The van der Waals surface area contributed by atoms with Gasteiger partial charge < -0.3 is 15.4 Å². The third kappa shape index (κ3) is 7.38. The van der Waals surface area contributed by atoms with Crippen LogP contribution in [0.1, 0.15) is 49.3 Å². The van der Waals surface area contributed by atoms with Gasteiger partial charge in [0.2, 0.25) is 0 Å². The lowest BCUT2D eigenvalue weighted by Gasteiger charge is -2.35. The maximum absolute atomic E-state index is 13.5. The van der Waals surface area contributed by atoms with Crippen LogP contribution in [-0.4, -0.2) is 60.0 Å². The molecule has 1 aliphatic rings. The molecule has 1 unspecified atom stereocenters. The topological polar surface area (TPSA) is 66.7 Å². The molecule has 184 valence electrons. The Morgan fingerprint density at radius 2 is 1.82 bits per heavy atom. The van der Waals surface area contributed by atoms with E-state index in [9.17, 15) is 4.39 Å². The van der Waals surface area contributed by atoms with Gasteiger partial charge in [-0.25, -0.2) is 9.38 Å². The Hall–Kier alpha value is -1.72. The summed E-state index contributed by atoms with van der Waals surface area (Å²) in [6.07, 6.45) is 1.83. The average molecular weight is 573 g/mol. The van der Waals surface area contributed by atoms with Crippen LogP contribution < -0.4 is 10.6 Å². The maximum Gasteiger partial charge on any atom is 0.191 e. The van der Waals surface area contributed by atoms with Crippen LogP contribution in [0.3, 0.4) is 0 Å². The van der Waals surface area contributed by atoms with E-state index in [1.807, 2.05) is 23.9 Å². The fourth-order valence-electron chi connectivity index (χ4n) is 4.30. The summed E-state index contributed by atoms with van der Waals surface area (Å²) in [4.78, 5) is 7.26. The lowest BCUT2D eigenvalue weighted by molar-refractivity contribution is 0.0170. The Kier molecular flexibility index (Phi) is 11.6. The first-order valence-corrected chi connectivity index (χ1v) is 11.7. The van der Waals surface area contributed by atoms with E-state index >= 15 is 0 Å². The van der Waals surface area contributed by atoms with Gasteiger partial charge >= 0.3 is 0 Å². The Bertz CT molecular complexity index is 880. The fraction of sp³-hybridized carbons (Fsp3) is 0.583. The smallest absolute Gasteiger partial charge is 0.191 e. The summed E-state index contributed by atoms with van der Waals surface area (Å²) in [5.41, 5.74) is 4.66. The van der Waals surface area contributed by atoms with Crippen molar-refractivity contribution in [1.29, 1.82) is 0 Å². The lowest BCUT2D eigenvalue weighted by atomic mass is 10.0. The normalized spacial score (nSPS) is 15.7. The Balaban J connectivity index is 0.00000385. The van der Waals surface area contributed by atoms with Crippen molar-refractivity contribution < 1.29 is 9.13 Å². The number of hydrogen-bond acceptors (Lipinski definition) is 4. The fourth-order valence-corrected chi connectivity index (χ4v) is 4.30. The van der Waals surface area contributed by atoms with Crippen LogP contribution >= 0.6 is 24.0 Å². The molecule has 2 aromatic rings. The van der Waals surface area contributed by atoms with Crippen LogP contribution in [0.15, 0.2) is 29.3 Å². The largest absolute Gasteiger partial charge is 0.379 e. The predicted octanol–water partition coefficient (Wildman–Crippen LogP) is 3.43. The number of nitrogens with zero attached hydrogens (tertiary/aromatic N) is 4. The first kappa shape index (κ1) is 27.5. The first-order chi connectivity index (χ1) is 15.6. The van der Waals surface area contributed by atoms with Gasteiger partial charge in [0.15, 0.2) is 5.96 Å². The van der Waals surface area contributed by atoms with Crippen molar-refractivity contribution in [2.24, 2.45) is 12.0 Å². The van der Waals surface area contributed by atoms with E-state index in [4.69, 9.17) is 9.73 Å². The molecule has 1 atom stereocenters. The molecule has 33 heavy (non-hydrogen) atoms. The molecule has 0 spiro atoms. The molecule has 9 heteroatoms. The van der Waals surface area contributed by atoms with E-state index in [0.29, 0.717) is 26.3 Å². The number of aromatic nitrogens is 2. The number of aliphatic imine (C=N–C) groups is 1. The third-order valence-corrected chi connectivity index (χ3v) is 5.97. The van der Waals surface area contributed by atoms with Crippen LogP contribution in [0.5, 0.6) is 0 Å². The molecule has 1 fully saturated rings. The highest BCUT2D eigenvalue weighted by atomic mass is 127. The first-order valence-electron chi connectivity index (χ1n) is 11.7. The zero-order valence-electron chi connectivity index (χ0n) is 20.2. The molecular formula is C24H38FIN6O. The zero-order valence-corrected chi connectivity index (χ0v) is 22.6. The predicted molar refractivity (Wildman–Crippen MR) is 142 cm³/mol. The summed E-state index contributed by atoms with van der Waals surface area (Å²) in [6.45, 7) is 11.5. The molecular weight excluding hydrogens is 534 g/mol. The minimum absolute atomic E-state index is 0. The summed E-state index contributed by atoms with van der Waals surface area (Å²) in [6, 6.07) is 6.92. The van der Waals surface area contributed by atoms with Crippen LogP contribution in [-0.2, 0) is 31.2 Å². The molecule has 2 heterocycles. The van der Waals surface area contributed by atoms with Crippen molar-refractivity contribution in [3.63, 3.8) is 0 Å². The second kappa shape index (κ2) is 13.9. The number of morpholine rings is 1. The van der Waals surface area contributed by atoms with Crippen molar-refractivity contribution in [3.05, 3.63) is 52.6 Å². The lowest BCUT2D eigenvalue weighted by Crippen LogP contribution is -2.46. The molecule has 0 amide bonds. The van der Waals surface area contributed by atoms with Crippen LogP contribution in [0.2, 0.25) is 0 Å². The SMILES string of the molecule is CCNC(=NCc1c(CC)nn(C)c1CC)NCC(c1ccc(F)cc1)N1CCOCC1.I. The van der Waals surface area contributed by atoms with E-state index in [1.54, 1.807) is 0 Å². The van der Waals surface area contributed by atoms with E-state index < -0.39 is 0 Å². The molecule has 0 radical (unpaired) electrons. The second-order valence-electron chi connectivity index (χ2n) is 7.99. The molecule has 3 rings (SSSR count). The standard InChI is InChI=1S/C24H37FN6O.HI/c1-5-21-20(22(6-2)30(4)29-21)16-27-24(26-7-3)28-17-23(31-12-14-32-15-13-31)18-8-10-19(25)11-9-18;/h8-11,23H,5-7,12-17H2,1-4H3,(H2,26,27,28);1H. The van der Waals surface area contributed by atoms with Crippen LogP contribution in [0, 0.1) is 5.82 Å². The van der Waals surface area contributed by atoms with E-state index in [1.165, 1.54) is 23.4 Å². The Labute approximate surface area is 214 Å². The second-order valence-corrected chi connectivity index (χ2v) is 7.99. The zero-order chi connectivity index (χ0) is 22.9. The minimum Gasteiger partial charge on any atom is -0.379 e. The van der Waals surface area contributed by atoms with Gasteiger partial charge in [0.05, 0.1) is 31.5 Å². The number of halogens is 2. The summed E-state index contributed by atoms with van der Waals surface area (Å²) in [5, 5.41) is 11.5. The number of guanidine groups is 1. The quantitative estimate of drug-likeness (QED) is 0.274. The molecule has 1 aromatic carbocycles. The molecule has 1 saturated heterocycles. The van der Waals surface area contributed by atoms with Crippen molar-refractivity contribution >= 4 is 29.9 Å². The minimum atomic E-state index is -0.215. The van der Waals surface area contributed by atoms with Crippen molar-refractivity contribution in [1.82, 2.24) is 25.3 Å². The third-order valence-electron chi connectivity index (χ3n) is 5.97. The molecule has 0 aliphatic carbocycles. The monoisotopic (exact) mass is 572 g/mol. The maximum atomic E-state index is 13.5. The molecule has 0 bridgehead atoms. The summed E-state index contributed by atoms with van der Waals surface area (Å²) in [5.74, 6) is 0.563. The van der Waals surface area contributed by atoms with Crippen molar-refractivity contribution in [2.45, 2.75) is 46.2 Å². The van der Waals surface area contributed by atoms with Gasteiger partial charge in [-0.15, -0.1) is 24.0 Å². The average Bonchev–Trinajstić information content (AvgIpc) is 3.13. The summed E-state index contributed by atoms with van der Waals surface area (Å²) < 4.78 is 21.0. The van der Waals surface area contributed by atoms with Gasteiger partial charge in [-0.2, -0.15) is 5.10 Å². The molecule has 1 aromatic heterocycles. The van der Waals surface area contributed by atoms with E-state index in [-0.39, 0.29) is 35.8 Å². The molecule has 1 aliphatic heterocycles. The molecule has 2 N–H and O–H groups in total. The van der Waals surface area contributed by atoms with Gasteiger partial charge in [0.1, 0.15) is 5.82 Å². The highest BCUT2D eigenvalue weighted by Gasteiger charge is 2.23. The highest BCUT2D eigenvalue weighted by Crippen LogP contribution is 2.22. The molecule has 0 saturated carbocycles. The number of hydrogen-bond donors (Lipinski definition) is 2. The van der Waals surface area contributed by atoms with E-state index in [2.05, 4.69) is 41.4 Å². The molecule has 7 nitrogen and oxygen atoms in total. The highest BCUT2D eigenvalue weighted by molar-refractivity contribution is 14.0. The number of ether oxygens (including phenoxy) is 1. The number of aryl methyl sites for hydroxylation is 2.